The van der Waals surface area contributed by atoms with Crippen LogP contribution in [0.3, 0.4) is 0 Å². The molecule has 0 spiro atoms. The number of hydrogen-bond donors (Lipinski definition) is 6. The number of rotatable bonds is 21. The number of halogens is 1. The van der Waals surface area contributed by atoms with E-state index in [1.54, 1.807) is 0 Å². The summed E-state index contributed by atoms with van der Waals surface area (Å²) >= 11 is 0. The Bertz CT molecular complexity index is 562. The van der Waals surface area contributed by atoms with Crippen molar-refractivity contribution in [2.45, 2.75) is 77.3 Å². The molecule has 34 heavy (non-hydrogen) atoms. The first-order valence-electron chi connectivity index (χ1n) is 13.1. The Morgan fingerprint density at radius 2 is 1.24 bits per heavy atom. The van der Waals surface area contributed by atoms with Gasteiger partial charge in [0, 0.05) is 12.1 Å². The number of ether oxygens (including phenoxy) is 1. The lowest BCUT2D eigenvalue weighted by molar-refractivity contribution is 0.240. The van der Waals surface area contributed by atoms with Gasteiger partial charge in [0.05, 0.1) is 6.61 Å². The lowest BCUT2D eigenvalue weighted by Crippen LogP contribution is -2.30. The van der Waals surface area contributed by atoms with Crippen molar-refractivity contribution < 1.29 is 4.74 Å². The van der Waals surface area contributed by atoms with Crippen LogP contribution in [0.25, 0.3) is 0 Å². The third-order valence-electron chi connectivity index (χ3n) is 6.16. The molecule has 0 heterocycles. The molecule has 1 rings (SSSR count). The van der Waals surface area contributed by atoms with Crippen LogP contribution in [0.2, 0.25) is 0 Å². The van der Waals surface area contributed by atoms with E-state index in [1.807, 2.05) is 0 Å². The summed E-state index contributed by atoms with van der Waals surface area (Å²) in [6, 6.07) is 6.80. The minimum Gasteiger partial charge on any atom is -0.493 e. The summed E-state index contributed by atoms with van der Waals surface area (Å²) in [6.45, 7) is 10.4. The maximum Gasteiger partial charge on any atom is 0.119 e. The summed E-state index contributed by atoms with van der Waals surface area (Å²) in [5.41, 5.74) is 26.5. The van der Waals surface area contributed by atoms with Crippen molar-refractivity contribution in [2.75, 3.05) is 45.9 Å². The quantitative estimate of drug-likeness (QED) is 0.142. The van der Waals surface area contributed by atoms with E-state index < -0.39 is 0 Å². The van der Waals surface area contributed by atoms with E-state index in [9.17, 15) is 0 Å². The molecule has 0 aliphatic rings. The summed E-state index contributed by atoms with van der Waals surface area (Å²) < 4.78 is 6.22. The van der Waals surface area contributed by atoms with Crippen LogP contribution in [0, 0.1) is 5.92 Å². The van der Waals surface area contributed by atoms with Crippen LogP contribution < -0.4 is 38.3 Å². The SMILES string of the molecule is CCC(CC)COc1cc(CC(N)CCNCCCN)cc(CC(N)CCNCCCN)c1.Cl. The van der Waals surface area contributed by atoms with Gasteiger partial charge in [-0.15, -0.1) is 12.4 Å². The van der Waals surface area contributed by atoms with E-state index in [1.165, 1.54) is 11.1 Å². The highest BCUT2D eigenvalue weighted by molar-refractivity contribution is 5.85. The van der Waals surface area contributed by atoms with E-state index >= 15 is 0 Å². The Labute approximate surface area is 214 Å². The molecule has 2 atom stereocenters. The Morgan fingerprint density at radius 1 is 0.765 bits per heavy atom. The van der Waals surface area contributed by atoms with Crippen molar-refractivity contribution in [3.63, 3.8) is 0 Å². The first kappa shape index (κ1) is 33.1. The van der Waals surface area contributed by atoms with Crippen LogP contribution in [-0.4, -0.2) is 58.0 Å². The summed E-state index contributed by atoms with van der Waals surface area (Å²) in [6.07, 6.45) is 7.81. The molecule has 1 aromatic rings. The molecule has 0 amide bonds. The molecule has 0 aliphatic heterocycles. The zero-order valence-corrected chi connectivity index (χ0v) is 22.5. The monoisotopic (exact) mass is 500 g/mol. The Morgan fingerprint density at radius 3 is 1.65 bits per heavy atom. The Kier molecular flexibility index (Phi) is 20.8. The summed E-state index contributed by atoms with van der Waals surface area (Å²) in [4.78, 5) is 0. The molecule has 0 aromatic heterocycles. The van der Waals surface area contributed by atoms with Gasteiger partial charge < -0.3 is 38.3 Å². The molecule has 8 heteroatoms. The average Bonchev–Trinajstić information content (AvgIpc) is 2.79. The highest BCUT2D eigenvalue weighted by Crippen LogP contribution is 2.22. The van der Waals surface area contributed by atoms with Crippen molar-refractivity contribution in [3.05, 3.63) is 29.3 Å². The molecule has 0 fully saturated rings. The number of benzene rings is 1. The first-order valence-corrected chi connectivity index (χ1v) is 13.1. The van der Waals surface area contributed by atoms with E-state index in [4.69, 9.17) is 27.7 Å². The topological polar surface area (TPSA) is 137 Å². The van der Waals surface area contributed by atoms with Gasteiger partial charge in [0.15, 0.2) is 0 Å². The third kappa shape index (κ3) is 15.9. The van der Waals surface area contributed by atoms with E-state index in [2.05, 4.69) is 42.7 Å². The van der Waals surface area contributed by atoms with Crippen LogP contribution in [0.1, 0.15) is 63.5 Å². The predicted molar refractivity (Wildman–Crippen MR) is 149 cm³/mol. The van der Waals surface area contributed by atoms with Gasteiger partial charge in [-0.3, -0.25) is 0 Å². The predicted octanol–water partition coefficient (Wildman–Crippen LogP) is 2.32. The van der Waals surface area contributed by atoms with Crippen molar-refractivity contribution in [1.82, 2.24) is 10.6 Å². The normalized spacial score (nSPS) is 13.0. The van der Waals surface area contributed by atoms with E-state index in [0.29, 0.717) is 5.92 Å². The van der Waals surface area contributed by atoms with Gasteiger partial charge in [-0.2, -0.15) is 0 Å². The summed E-state index contributed by atoms with van der Waals surface area (Å²) in [5.74, 6) is 1.52. The molecule has 0 saturated carbocycles. The maximum absolute atomic E-state index is 6.45. The molecule has 10 N–H and O–H groups in total. The molecule has 1 aromatic carbocycles. The molecule has 2 unspecified atom stereocenters. The fourth-order valence-corrected chi connectivity index (χ4v) is 3.87. The molecular weight excluding hydrogens is 448 g/mol. The smallest absolute Gasteiger partial charge is 0.119 e. The van der Waals surface area contributed by atoms with Crippen LogP contribution in [0.5, 0.6) is 5.75 Å². The molecule has 0 bridgehead atoms. The van der Waals surface area contributed by atoms with Gasteiger partial charge in [-0.05, 0) is 107 Å². The van der Waals surface area contributed by atoms with Gasteiger partial charge in [0.25, 0.3) is 0 Å². The zero-order valence-electron chi connectivity index (χ0n) is 21.7. The van der Waals surface area contributed by atoms with Gasteiger partial charge >= 0.3 is 0 Å². The highest BCUT2D eigenvalue weighted by Gasteiger charge is 2.12. The van der Waals surface area contributed by atoms with Gasteiger partial charge in [0.2, 0.25) is 0 Å². The van der Waals surface area contributed by atoms with Crippen molar-refractivity contribution in [3.8, 4) is 5.75 Å². The van der Waals surface area contributed by atoms with Crippen molar-refractivity contribution in [2.24, 2.45) is 28.9 Å². The average molecular weight is 501 g/mol. The largest absolute Gasteiger partial charge is 0.493 e. The minimum absolute atomic E-state index is 0. The Balaban J connectivity index is 0.0000109. The molecule has 0 aliphatic carbocycles. The zero-order chi connectivity index (χ0) is 24.3. The molecular formula is C26H53ClN6O. The van der Waals surface area contributed by atoms with Gasteiger partial charge in [0.1, 0.15) is 5.75 Å². The van der Waals surface area contributed by atoms with Crippen molar-refractivity contribution >= 4 is 12.4 Å². The first-order chi connectivity index (χ1) is 16.0. The standard InChI is InChI=1S/C26H52N6O.ClH/c1-3-21(4-2)20-33-26-18-22(16-24(29)7-13-31-11-5-9-27)15-23(19-26)17-25(30)8-14-32-12-6-10-28;/h15,18-19,21,24-25,31-32H,3-14,16-17,20,27-30H2,1-2H3;1H. The lowest BCUT2D eigenvalue weighted by atomic mass is 9.97. The van der Waals surface area contributed by atoms with E-state index in [-0.39, 0.29) is 24.5 Å². The second-order valence-corrected chi connectivity index (χ2v) is 9.27. The van der Waals surface area contributed by atoms with Crippen LogP contribution in [0.15, 0.2) is 18.2 Å². The van der Waals surface area contributed by atoms with Crippen LogP contribution in [0.4, 0.5) is 0 Å². The van der Waals surface area contributed by atoms with E-state index in [0.717, 1.165) is 103 Å². The minimum atomic E-state index is 0. The fraction of sp³-hybridized carbons (Fsp3) is 0.769. The maximum atomic E-state index is 6.45. The summed E-state index contributed by atoms with van der Waals surface area (Å²) in [5, 5.41) is 6.83. The van der Waals surface area contributed by atoms with Gasteiger partial charge in [-0.1, -0.05) is 32.8 Å². The Hall–Kier alpha value is -0.930. The number of nitrogens with one attached hydrogen (secondary N) is 2. The molecule has 0 radical (unpaired) electrons. The van der Waals surface area contributed by atoms with Crippen molar-refractivity contribution in [1.29, 1.82) is 0 Å². The second-order valence-electron chi connectivity index (χ2n) is 9.27. The van der Waals surface area contributed by atoms with Crippen LogP contribution >= 0.6 is 12.4 Å². The highest BCUT2D eigenvalue weighted by atomic mass is 35.5. The molecule has 200 valence electrons. The lowest BCUT2D eigenvalue weighted by Gasteiger charge is -2.19. The number of nitrogens with two attached hydrogens (primary N) is 4. The van der Waals surface area contributed by atoms with Gasteiger partial charge in [-0.25, -0.2) is 0 Å². The second kappa shape index (κ2) is 21.4. The molecule has 7 nitrogen and oxygen atoms in total. The molecule has 0 saturated heterocycles. The third-order valence-corrected chi connectivity index (χ3v) is 6.16. The fourth-order valence-electron chi connectivity index (χ4n) is 3.87. The van der Waals surface area contributed by atoms with Crippen LogP contribution in [-0.2, 0) is 12.8 Å². The number of hydrogen-bond acceptors (Lipinski definition) is 7. The summed E-state index contributed by atoms with van der Waals surface area (Å²) in [7, 11) is 0.